The standard InChI is InChI=1S/C19H14F3P/c1-11-2-4-12(5-3-11)14-9-17(22)19(18(23)10-14)13-6-7-15(20)16(21)8-13/h2-10H,23H2,1H3. The summed E-state index contributed by atoms with van der Waals surface area (Å²) in [6.45, 7) is 1.98. The van der Waals surface area contributed by atoms with Crippen LogP contribution >= 0.6 is 9.24 Å². The Morgan fingerprint density at radius 1 is 0.652 bits per heavy atom. The molecule has 0 aliphatic rings. The highest BCUT2D eigenvalue weighted by molar-refractivity contribution is 7.28. The number of halogens is 3. The lowest BCUT2D eigenvalue weighted by Crippen LogP contribution is -2.02. The maximum absolute atomic E-state index is 14.6. The van der Waals surface area contributed by atoms with Gasteiger partial charge in [0.2, 0.25) is 0 Å². The predicted molar refractivity (Wildman–Crippen MR) is 91.3 cm³/mol. The first kappa shape index (κ1) is 15.8. The minimum absolute atomic E-state index is 0.254. The van der Waals surface area contributed by atoms with Crippen LogP contribution in [0.3, 0.4) is 0 Å². The summed E-state index contributed by atoms with van der Waals surface area (Å²) in [6, 6.07) is 14.4. The molecule has 3 rings (SSSR count). The van der Waals surface area contributed by atoms with E-state index in [1.165, 1.54) is 12.1 Å². The van der Waals surface area contributed by atoms with Crippen molar-refractivity contribution in [1.29, 1.82) is 0 Å². The Bertz CT molecular complexity index is 847. The van der Waals surface area contributed by atoms with Gasteiger partial charge >= 0.3 is 0 Å². The SMILES string of the molecule is Cc1ccc(-c2cc(F)c(-c3ccc(F)c(F)c3)c(P)c2)cc1. The monoisotopic (exact) mass is 330 g/mol. The Balaban J connectivity index is 2.10. The fourth-order valence-electron chi connectivity index (χ4n) is 2.50. The van der Waals surface area contributed by atoms with Crippen LogP contribution in [0, 0.1) is 24.4 Å². The number of aryl methyl sites for hydroxylation is 1. The van der Waals surface area contributed by atoms with Crippen LogP contribution in [0.1, 0.15) is 5.56 Å². The summed E-state index contributed by atoms with van der Waals surface area (Å²) in [5.41, 5.74) is 3.32. The van der Waals surface area contributed by atoms with E-state index < -0.39 is 17.5 Å². The fourth-order valence-corrected chi connectivity index (χ4v) is 2.98. The molecule has 0 radical (unpaired) electrons. The highest BCUT2D eigenvalue weighted by Crippen LogP contribution is 2.29. The van der Waals surface area contributed by atoms with Gasteiger partial charge in [-0.1, -0.05) is 35.9 Å². The molecule has 4 heteroatoms. The van der Waals surface area contributed by atoms with Gasteiger partial charge in [-0.3, -0.25) is 0 Å². The second kappa shape index (κ2) is 6.17. The molecular formula is C19H14F3P. The van der Waals surface area contributed by atoms with Crippen LogP contribution in [-0.2, 0) is 0 Å². The Hall–Kier alpha value is -2.12. The van der Waals surface area contributed by atoms with Crippen LogP contribution in [0.4, 0.5) is 13.2 Å². The van der Waals surface area contributed by atoms with Crippen molar-refractivity contribution >= 4 is 14.5 Å². The van der Waals surface area contributed by atoms with E-state index in [0.717, 1.165) is 28.8 Å². The maximum atomic E-state index is 14.6. The third-order valence-corrected chi connectivity index (χ3v) is 4.17. The molecule has 0 aromatic heterocycles. The summed E-state index contributed by atoms with van der Waals surface area (Å²) in [6.07, 6.45) is 0. The first-order chi connectivity index (χ1) is 11.0. The molecule has 116 valence electrons. The maximum Gasteiger partial charge on any atom is 0.159 e. The summed E-state index contributed by atoms with van der Waals surface area (Å²) in [4.78, 5) is 0. The van der Waals surface area contributed by atoms with Crippen LogP contribution in [0.5, 0.6) is 0 Å². The fraction of sp³-hybridized carbons (Fsp3) is 0.0526. The van der Waals surface area contributed by atoms with Gasteiger partial charge in [0.25, 0.3) is 0 Å². The van der Waals surface area contributed by atoms with E-state index in [0.29, 0.717) is 10.9 Å². The molecule has 0 fully saturated rings. The first-order valence-corrected chi connectivity index (χ1v) is 7.65. The van der Waals surface area contributed by atoms with Gasteiger partial charge in [0, 0.05) is 5.56 Å². The van der Waals surface area contributed by atoms with Crippen LogP contribution in [-0.4, -0.2) is 0 Å². The molecule has 1 atom stereocenters. The second-order valence-electron chi connectivity index (χ2n) is 5.42. The molecule has 0 spiro atoms. The van der Waals surface area contributed by atoms with Crippen LogP contribution in [0.15, 0.2) is 54.6 Å². The molecule has 23 heavy (non-hydrogen) atoms. The highest BCUT2D eigenvalue weighted by Gasteiger charge is 2.13. The first-order valence-electron chi connectivity index (χ1n) is 7.07. The molecule has 0 nitrogen and oxygen atoms in total. The van der Waals surface area contributed by atoms with Crippen molar-refractivity contribution in [2.24, 2.45) is 0 Å². The molecule has 0 aliphatic heterocycles. The average molecular weight is 330 g/mol. The van der Waals surface area contributed by atoms with Crippen molar-refractivity contribution in [2.45, 2.75) is 6.92 Å². The molecular weight excluding hydrogens is 316 g/mol. The van der Waals surface area contributed by atoms with E-state index in [1.807, 2.05) is 37.3 Å². The van der Waals surface area contributed by atoms with Gasteiger partial charge in [0.1, 0.15) is 5.82 Å². The molecule has 0 saturated heterocycles. The Labute approximate surface area is 135 Å². The van der Waals surface area contributed by atoms with Gasteiger partial charge in [-0.15, -0.1) is 9.24 Å². The topological polar surface area (TPSA) is 0 Å². The van der Waals surface area contributed by atoms with Crippen LogP contribution in [0.2, 0.25) is 0 Å². The van der Waals surface area contributed by atoms with Crippen molar-refractivity contribution in [3.63, 3.8) is 0 Å². The molecule has 0 bridgehead atoms. The lowest BCUT2D eigenvalue weighted by atomic mass is 9.98. The molecule has 1 unspecified atom stereocenters. The van der Waals surface area contributed by atoms with E-state index in [-0.39, 0.29) is 5.56 Å². The van der Waals surface area contributed by atoms with Gasteiger partial charge in [-0.25, -0.2) is 13.2 Å². The third-order valence-electron chi connectivity index (χ3n) is 3.71. The highest BCUT2D eigenvalue weighted by atomic mass is 31.0. The molecule has 0 aliphatic carbocycles. The van der Waals surface area contributed by atoms with Crippen molar-refractivity contribution in [2.75, 3.05) is 0 Å². The summed E-state index contributed by atoms with van der Waals surface area (Å²) in [7, 11) is 2.46. The van der Waals surface area contributed by atoms with Crippen molar-refractivity contribution in [3.05, 3.63) is 77.6 Å². The summed E-state index contributed by atoms with van der Waals surface area (Å²) in [5, 5.41) is 0.589. The number of benzene rings is 3. The third kappa shape index (κ3) is 3.16. The number of hydrogen-bond donors (Lipinski definition) is 0. The normalized spacial score (nSPS) is 10.8. The minimum atomic E-state index is -0.992. The quantitative estimate of drug-likeness (QED) is 0.563. The molecule has 0 N–H and O–H groups in total. The molecule has 3 aromatic rings. The molecule has 0 amide bonds. The van der Waals surface area contributed by atoms with E-state index in [4.69, 9.17) is 0 Å². The molecule has 0 saturated carbocycles. The van der Waals surface area contributed by atoms with Gasteiger partial charge in [0.15, 0.2) is 11.6 Å². The van der Waals surface area contributed by atoms with E-state index >= 15 is 0 Å². The van der Waals surface area contributed by atoms with E-state index in [2.05, 4.69) is 9.24 Å². The van der Waals surface area contributed by atoms with Gasteiger partial charge < -0.3 is 0 Å². The van der Waals surface area contributed by atoms with E-state index in [9.17, 15) is 13.2 Å². The van der Waals surface area contributed by atoms with Gasteiger partial charge in [0.05, 0.1) is 0 Å². The Kier molecular flexibility index (Phi) is 4.23. The largest absolute Gasteiger partial charge is 0.206 e. The lowest BCUT2D eigenvalue weighted by molar-refractivity contribution is 0.509. The molecule has 3 aromatic carbocycles. The van der Waals surface area contributed by atoms with Gasteiger partial charge in [-0.05, 0) is 53.2 Å². The van der Waals surface area contributed by atoms with Crippen LogP contribution in [0.25, 0.3) is 22.3 Å². The zero-order valence-corrected chi connectivity index (χ0v) is 13.6. The number of rotatable bonds is 2. The zero-order chi connectivity index (χ0) is 16.6. The van der Waals surface area contributed by atoms with Crippen molar-refractivity contribution < 1.29 is 13.2 Å². The Morgan fingerprint density at radius 2 is 1.26 bits per heavy atom. The number of hydrogen-bond acceptors (Lipinski definition) is 0. The average Bonchev–Trinajstić information content (AvgIpc) is 2.51. The summed E-state index contributed by atoms with van der Waals surface area (Å²) in [5.74, 6) is -2.41. The van der Waals surface area contributed by atoms with Crippen molar-refractivity contribution in [3.8, 4) is 22.3 Å². The van der Waals surface area contributed by atoms with Crippen molar-refractivity contribution in [1.82, 2.24) is 0 Å². The predicted octanol–water partition coefficient (Wildman–Crippen LogP) is 5.25. The zero-order valence-electron chi connectivity index (χ0n) is 12.4. The molecule has 0 heterocycles. The second-order valence-corrected chi connectivity index (χ2v) is 6.04. The van der Waals surface area contributed by atoms with Crippen LogP contribution < -0.4 is 5.30 Å². The van der Waals surface area contributed by atoms with E-state index in [1.54, 1.807) is 0 Å². The lowest BCUT2D eigenvalue weighted by Gasteiger charge is -2.11. The summed E-state index contributed by atoms with van der Waals surface area (Å²) >= 11 is 0. The minimum Gasteiger partial charge on any atom is -0.206 e. The smallest absolute Gasteiger partial charge is 0.159 e. The summed E-state index contributed by atoms with van der Waals surface area (Å²) < 4.78 is 41.0. The Morgan fingerprint density at radius 3 is 1.87 bits per heavy atom. The van der Waals surface area contributed by atoms with Gasteiger partial charge in [-0.2, -0.15) is 0 Å².